The molecule has 1 aromatic heterocycles. The zero-order valence-corrected chi connectivity index (χ0v) is 13.9. The Morgan fingerprint density at radius 3 is 2.65 bits per heavy atom. The van der Waals surface area contributed by atoms with Crippen LogP contribution in [-0.2, 0) is 6.42 Å². The fourth-order valence-corrected chi connectivity index (χ4v) is 3.56. The lowest BCUT2D eigenvalue weighted by molar-refractivity contribution is 0.306. The number of benzene rings is 1. The van der Waals surface area contributed by atoms with E-state index in [-0.39, 0.29) is 0 Å². The van der Waals surface area contributed by atoms with E-state index in [1.165, 1.54) is 30.2 Å². The molecule has 0 saturated carbocycles. The van der Waals surface area contributed by atoms with Gasteiger partial charge in [0.15, 0.2) is 0 Å². The second-order valence-electron chi connectivity index (χ2n) is 5.55. The molecule has 1 aliphatic heterocycles. The Morgan fingerprint density at radius 2 is 1.91 bits per heavy atom. The van der Waals surface area contributed by atoms with E-state index in [4.69, 9.17) is 5.26 Å². The third-order valence-electron chi connectivity index (χ3n) is 3.91. The van der Waals surface area contributed by atoms with E-state index in [1.54, 1.807) is 6.07 Å². The van der Waals surface area contributed by atoms with Crippen LogP contribution in [-0.4, -0.2) is 41.0 Å². The number of pyridine rings is 1. The molecule has 0 aliphatic carbocycles. The van der Waals surface area contributed by atoms with Crippen molar-refractivity contribution in [2.45, 2.75) is 6.42 Å². The standard InChI is InChI=1S/C18H20N4S/c19-14-17-2-1-3-18(21-17)20-16-6-4-15(5-7-16)8-9-22-10-12-23-13-11-22/h1-7H,8-13H2,(H,20,21). The number of hydrogen-bond acceptors (Lipinski definition) is 5. The third-order valence-corrected chi connectivity index (χ3v) is 4.85. The van der Waals surface area contributed by atoms with Crippen LogP contribution in [0, 0.1) is 11.3 Å². The Morgan fingerprint density at radius 1 is 1.13 bits per heavy atom. The fraction of sp³-hybridized carbons (Fsp3) is 0.333. The van der Waals surface area contributed by atoms with Crippen molar-refractivity contribution in [2.24, 2.45) is 0 Å². The number of anilines is 2. The highest BCUT2D eigenvalue weighted by atomic mass is 32.2. The topological polar surface area (TPSA) is 52.0 Å². The SMILES string of the molecule is N#Cc1cccc(Nc2ccc(CCN3CCSCC3)cc2)n1. The highest BCUT2D eigenvalue weighted by Gasteiger charge is 2.09. The first-order valence-corrected chi connectivity index (χ1v) is 9.02. The van der Waals surface area contributed by atoms with Gasteiger partial charge >= 0.3 is 0 Å². The number of thioether (sulfide) groups is 1. The second kappa shape index (κ2) is 8.00. The lowest BCUT2D eigenvalue weighted by Crippen LogP contribution is -2.34. The van der Waals surface area contributed by atoms with Crippen molar-refractivity contribution >= 4 is 23.3 Å². The molecule has 0 spiro atoms. The van der Waals surface area contributed by atoms with Gasteiger partial charge in [-0.3, -0.25) is 0 Å². The molecular formula is C18H20N4S. The number of nitrogens with one attached hydrogen (secondary N) is 1. The van der Waals surface area contributed by atoms with Crippen LogP contribution in [0.3, 0.4) is 0 Å². The predicted molar refractivity (Wildman–Crippen MR) is 96.1 cm³/mol. The minimum atomic E-state index is 0.423. The van der Waals surface area contributed by atoms with E-state index in [2.05, 4.69) is 45.5 Å². The molecule has 1 aliphatic rings. The molecule has 0 atom stereocenters. The molecule has 5 heteroatoms. The summed E-state index contributed by atoms with van der Waals surface area (Å²) >= 11 is 2.05. The molecule has 0 amide bonds. The van der Waals surface area contributed by atoms with Gasteiger partial charge in [-0.05, 0) is 36.2 Å². The highest BCUT2D eigenvalue weighted by Crippen LogP contribution is 2.16. The van der Waals surface area contributed by atoms with Gasteiger partial charge in [0.25, 0.3) is 0 Å². The van der Waals surface area contributed by atoms with Gasteiger partial charge in [-0.2, -0.15) is 17.0 Å². The predicted octanol–water partition coefficient (Wildman–Crippen LogP) is 3.29. The Hall–Kier alpha value is -2.03. The van der Waals surface area contributed by atoms with Crippen molar-refractivity contribution in [2.75, 3.05) is 36.5 Å². The van der Waals surface area contributed by atoms with Gasteiger partial charge in [0.05, 0.1) is 0 Å². The summed E-state index contributed by atoms with van der Waals surface area (Å²) in [5.41, 5.74) is 2.77. The third kappa shape index (κ3) is 4.72. The van der Waals surface area contributed by atoms with E-state index in [1.807, 2.05) is 23.9 Å². The van der Waals surface area contributed by atoms with Crippen LogP contribution < -0.4 is 5.32 Å². The lowest BCUT2D eigenvalue weighted by Gasteiger charge is -2.26. The molecule has 23 heavy (non-hydrogen) atoms. The van der Waals surface area contributed by atoms with Gasteiger partial charge in [-0.1, -0.05) is 18.2 Å². The molecule has 0 unspecified atom stereocenters. The molecule has 4 nitrogen and oxygen atoms in total. The van der Waals surface area contributed by atoms with Crippen LogP contribution in [0.5, 0.6) is 0 Å². The van der Waals surface area contributed by atoms with Crippen LogP contribution in [0.25, 0.3) is 0 Å². The summed E-state index contributed by atoms with van der Waals surface area (Å²) in [4.78, 5) is 6.77. The molecule has 2 heterocycles. The summed E-state index contributed by atoms with van der Waals surface area (Å²) in [5.74, 6) is 3.22. The highest BCUT2D eigenvalue weighted by molar-refractivity contribution is 7.99. The number of nitrogens with zero attached hydrogens (tertiary/aromatic N) is 3. The molecule has 3 rings (SSSR count). The molecule has 1 N–H and O–H groups in total. The lowest BCUT2D eigenvalue weighted by atomic mass is 10.1. The van der Waals surface area contributed by atoms with Crippen molar-refractivity contribution in [1.29, 1.82) is 5.26 Å². The van der Waals surface area contributed by atoms with Crippen LogP contribution in [0.15, 0.2) is 42.5 Å². The summed E-state index contributed by atoms with van der Waals surface area (Å²) in [6, 6.07) is 15.9. The maximum Gasteiger partial charge on any atom is 0.142 e. The van der Waals surface area contributed by atoms with Gasteiger partial charge in [0, 0.05) is 36.8 Å². The molecule has 118 valence electrons. The first-order valence-electron chi connectivity index (χ1n) is 7.87. The van der Waals surface area contributed by atoms with Crippen LogP contribution >= 0.6 is 11.8 Å². The Bertz CT molecular complexity index is 672. The second-order valence-corrected chi connectivity index (χ2v) is 6.77. The molecule has 1 saturated heterocycles. The zero-order chi connectivity index (χ0) is 15.9. The maximum atomic E-state index is 8.89. The summed E-state index contributed by atoms with van der Waals surface area (Å²) in [6.45, 7) is 3.57. The minimum Gasteiger partial charge on any atom is -0.340 e. The van der Waals surface area contributed by atoms with Gasteiger partial charge in [-0.15, -0.1) is 0 Å². The smallest absolute Gasteiger partial charge is 0.142 e. The van der Waals surface area contributed by atoms with Gasteiger partial charge in [0.1, 0.15) is 17.6 Å². The van der Waals surface area contributed by atoms with Crippen molar-refractivity contribution < 1.29 is 0 Å². The number of aromatic nitrogens is 1. The molecule has 1 aromatic carbocycles. The molecule has 1 fully saturated rings. The Balaban J connectivity index is 1.55. The van der Waals surface area contributed by atoms with Crippen molar-refractivity contribution in [3.63, 3.8) is 0 Å². The summed E-state index contributed by atoms with van der Waals surface area (Å²) in [5, 5.41) is 12.1. The normalized spacial score (nSPS) is 15.1. The van der Waals surface area contributed by atoms with Crippen molar-refractivity contribution in [3.05, 3.63) is 53.7 Å². The molecule has 0 radical (unpaired) electrons. The zero-order valence-electron chi connectivity index (χ0n) is 13.0. The largest absolute Gasteiger partial charge is 0.340 e. The van der Waals surface area contributed by atoms with Crippen LogP contribution in [0.2, 0.25) is 0 Å². The molecular weight excluding hydrogens is 304 g/mol. The minimum absolute atomic E-state index is 0.423. The van der Waals surface area contributed by atoms with E-state index >= 15 is 0 Å². The summed E-state index contributed by atoms with van der Waals surface area (Å²) in [7, 11) is 0. The van der Waals surface area contributed by atoms with Gasteiger partial charge in [0.2, 0.25) is 0 Å². The van der Waals surface area contributed by atoms with Crippen LogP contribution in [0.4, 0.5) is 11.5 Å². The fourth-order valence-electron chi connectivity index (χ4n) is 2.58. The number of nitriles is 1. The average Bonchev–Trinajstić information content (AvgIpc) is 2.62. The quantitative estimate of drug-likeness (QED) is 0.914. The van der Waals surface area contributed by atoms with Gasteiger partial charge in [-0.25, -0.2) is 4.98 Å². The first kappa shape index (κ1) is 15.9. The molecule has 2 aromatic rings. The monoisotopic (exact) mass is 324 g/mol. The van der Waals surface area contributed by atoms with Gasteiger partial charge < -0.3 is 10.2 Å². The summed E-state index contributed by atoms with van der Waals surface area (Å²) < 4.78 is 0. The van der Waals surface area contributed by atoms with E-state index in [9.17, 15) is 0 Å². The Kier molecular flexibility index (Phi) is 5.51. The van der Waals surface area contributed by atoms with Crippen LogP contribution in [0.1, 0.15) is 11.3 Å². The summed E-state index contributed by atoms with van der Waals surface area (Å²) in [6.07, 6.45) is 1.09. The van der Waals surface area contributed by atoms with Crippen molar-refractivity contribution in [1.82, 2.24) is 9.88 Å². The van der Waals surface area contributed by atoms with E-state index in [0.29, 0.717) is 11.5 Å². The van der Waals surface area contributed by atoms with Crippen molar-refractivity contribution in [3.8, 4) is 6.07 Å². The number of hydrogen-bond donors (Lipinski definition) is 1. The van der Waals surface area contributed by atoms with E-state index in [0.717, 1.165) is 18.7 Å². The average molecular weight is 324 g/mol. The van der Waals surface area contributed by atoms with E-state index < -0.39 is 0 Å². The Labute approximate surface area is 141 Å². The number of rotatable bonds is 5. The molecule has 0 bridgehead atoms. The first-order chi connectivity index (χ1) is 11.3. The maximum absolute atomic E-state index is 8.89.